The van der Waals surface area contributed by atoms with E-state index in [2.05, 4.69) is 11.0 Å². The fourth-order valence-electron chi connectivity index (χ4n) is 2.47. The average molecular weight is 300 g/mol. The molecule has 2 unspecified atom stereocenters. The van der Waals surface area contributed by atoms with Gasteiger partial charge in [0.15, 0.2) is 0 Å². The standard InChI is InChI=1S/C13H20N2O2S2/c1-9-12(14)4-3-5-13(9)19(16,17)15-10-6-7-11(8-10)18-2/h3-5,10-11,15H,6-8,14H2,1-2H3. The maximum Gasteiger partial charge on any atom is 0.241 e. The second-order valence-electron chi connectivity index (χ2n) is 4.96. The van der Waals surface area contributed by atoms with Crippen LogP contribution in [0.1, 0.15) is 24.8 Å². The SMILES string of the molecule is CSC1CCC(NS(=O)(=O)c2cccc(N)c2C)C1. The Morgan fingerprint density at radius 3 is 2.74 bits per heavy atom. The van der Waals surface area contributed by atoms with Gasteiger partial charge in [0, 0.05) is 17.0 Å². The van der Waals surface area contributed by atoms with Crippen molar-refractivity contribution in [1.82, 2.24) is 4.72 Å². The van der Waals surface area contributed by atoms with E-state index in [-0.39, 0.29) is 6.04 Å². The van der Waals surface area contributed by atoms with Gasteiger partial charge >= 0.3 is 0 Å². The number of hydrogen-bond donors (Lipinski definition) is 2. The van der Waals surface area contributed by atoms with E-state index in [0.29, 0.717) is 21.4 Å². The maximum atomic E-state index is 12.4. The zero-order chi connectivity index (χ0) is 14.0. The lowest BCUT2D eigenvalue weighted by Gasteiger charge is -2.15. The predicted molar refractivity (Wildman–Crippen MR) is 80.9 cm³/mol. The van der Waals surface area contributed by atoms with Gasteiger partial charge < -0.3 is 5.73 Å². The number of thioether (sulfide) groups is 1. The van der Waals surface area contributed by atoms with Crippen LogP contribution in [0.15, 0.2) is 23.1 Å². The van der Waals surface area contributed by atoms with Crippen molar-refractivity contribution in [2.75, 3.05) is 12.0 Å². The summed E-state index contributed by atoms with van der Waals surface area (Å²) in [5.41, 5.74) is 6.90. The molecule has 3 N–H and O–H groups in total. The van der Waals surface area contributed by atoms with Gasteiger partial charge in [-0.15, -0.1) is 0 Å². The summed E-state index contributed by atoms with van der Waals surface area (Å²) in [7, 11) is -3.47. The minimum Gasteiger partial charge on any atom is -0.398 e. The summed E-state index contributed by atoms with van der Waals surface area (Å²) >= 11 is 1.81. The van der Waals surface area contributed by atoms with Gasteiger partial charge in [-0.05, 0) is 50.1 Å². The average Bonchev–Trinajstić information content (AvgIpc) is 2.79. The number of hydrogen-bond acceptors (Lipinski definition) is 4. The Balaban J connectivity index is 2.17. The van der Waals surface area contributed by atoms with Crippen LogP contribution in [0.3, 0.4) is 0 Å². The molecule has 2 atom stereocenters. The molecular formula is C13H20N2O2S2. The zero-order valence-corrected chi connectivity index (χ0v) is 12.9. The first-order valence-electron chi connectivity index (χ1n) is 6.34. The normalized spacial score (nSPS) is 23.7. The largest absolute Gasteiger partial charge is 0.398 e. The first-order valence-corrected chi connectivity index (χ1v) is 9.11. The smallest absolute Gasteiger partial charge is 0.241 e. The third-order valence-electron chi connectivity index (χ3n) is 3.66. The molecule has 0 bridgehead atoms. The van der Waals surface area contributed by atoms with E-state index in [1.54, 1.807) is 25.1 Å². The molecule has 1 aromatic rings. The second-order valence-corrected chi connectivity index (χ2v) is 7.78. The highest BCUT2D eigenvalue weighted by molar-refractivity contribution is 7.99. The number of nitrogens with two attached hydrogens (primary N) is 1. The highest BCUT2D eigenvalue weighted by Crippen LogP contribution is 2.29. The first-order chi connectivity index (χ1) is 8.94. The van der Waals surface area contributed by atoms with Crippen LogP contribution in [0.25, 0.3) is 0 Å². The van der Waals surface area contributed by atoms with E-state index in [0.717, 1.165) is 19.3 Å². The molecule has 1 aliphatic carbocycles. The molecule has 1 aliphatic rings. The number of nitrogen functional groups attached to an aromatic ring is 1. The molecule has 1 fully saturated rings. The quantitative estimate of drug-likeness (QED) is 0.836. The predicted octanol–water partition coefficient (Wildman–Crippen LogP) is 2.14. The molecule has 0 aromatic heterocycles. The Hall–Kier alpha value is -0.720. The van der Waals surface area contributed by atoms with Crippen molar-refractivity contribution in [2.24, 2.45) is 0 Å². The van der Waals surface area contributed by atoms with Crippen molar-refractivity contribution >= 4 is 27.5 Å². The lowest BCUT2D eigenvalue weighted by Crippen LogP contribution is -2.33. The maximum absolute atomic E-state index is 12.4. The van der Waals surface area contributed by atoms with Crippen LogP contribution in [-0.4, -0.2) is 26.0 Å². The molecule has 1 saturated carbocycles. The Kier molecular flexibility index (Phi) is 4.43. The van der Waals surface area contributed by atoms with Gasteiger partial charge in [-0.1, -0.05) is 6.07 Å². The highest BCUT2D eigenvalue weighted by atomic mass is 32.2. The number of benzene rings is 1. The molecular weight excluding hydrogens is 280 g/mol. The van der Waals surface area contributed by atoms with Gasteiger partial charge in [0.2, 0.25) is 10.0 Å². The van der Waals surface area contributed by atoms with Crippen LogP contribution in [0.5, 0.6) is 0 Å². The van der Waals surface area contributed by atoms with E-state index < -0.39 is 10.0 Å². The molecule has 19 heavy (non-hydrogen) atoms. The summed E-state index contributed by atoms with van der Waals surface area (Å²) in [6.45, 7) is 1.74. The summed E-state index contributed by atoms with van der Waals surface area (Å²) in [6, 6.07) is 5.04. The Labute approximate surface area is 119 Å². The van der Waals surface area contributed by atoms with E-state index in [9.17, 15) is 8.42 Å². The molecule has 0 heterocycles. The van der Waals surface area contributed by atoms with Crippen molar-refractivity contribution < 1.29 is 8.42 Å². The molecule has 1 aromatic carbocycles. The van der Waals surface area contributed by atoms with Crippen molar-refractivity contribution in [3.8, 4) is 0 Å². The summed E-state index contributed by atoms with van der Waals surface area (Å²) in [5, 5.41) is 0.564. The Bertz CT molecular complexity index is 558. The monoisotopic (exact) mass is 300 g/mol. The van der Waals surface area contributed by atoms with E-state index in [4.69, 9.17) is 5.73 Å². The third-order valence-corrected chi connectivity index (χ3v) is 6.41. The molecule has 106 valence electrons. The van der Waals surface area contributed by atoms with Gasteiger partial charge in [-0.25, -0.2) is 13.1 Å². The van der Waals surface area contributed by atoms with Crippen LogP contribution < -0.4 is 10.5 Å². The van der Waals surface area contributed by atoms with E-state index in [1.807, 2.05) is 11.8 Å². The Morgan fingerprint density at radius 1 is 1.37 bits per heavy atom. The molecule has 4 nitrogen and oxygen atoms in total. The van der Waals surface area contributed by atoms with E-state index in [1.165, 1.54) is 0 Å². The highest BCUT2D eigenvalue weighted by Gasteiger charge is 2.29. The number of nitrogens with one attached hydrogen (secondary N) is 1. The van der Waals surface area contributed by atoms with Crippen LogP contribution >= 0.6 is 11.8 Å². The second kappa shape index (κ2) is 5.73. The summed E-state index contributed by atoms with van der Waals surface area (Å²) < 4.78 is 27.6. The zero-order valence-electron chi connectivity index (χ0n) is 11.2. The lowest BCUT2D eigenvalue weighted by atomic mass is 10.2. The molecule has 0 aliphatic heterocycles. The van der Waals surface area contributed by atoms with Gasteiger partial charge in [0.05, 0.1) is 4.90 Å². The fourth-order valence-corrected chi connectivity index (χ4v) is 4.82. The van der Waals surface area contributed by atoms with Crippen LogP contribution in [0.4, 0.5) is 5.69 Å². The van der Waals surface area contributed by atoms with Crippen molar-refractivity contribution in [3.05, 3.63) is 23.8 Å². The molecule has 6 heteroatoms. The van der Waals surface area contributed by atoms with Crippen LogP contribution in [-0.2, 0) is 10.0 Å². The van der Waals surface area contributed by atoms with Crippen molar-refractivity contribution in [1.29, 1.82) is 0 Å². The molecule has 0 spiro atoms. The summed E-state index contributed by atoms with van der Waals surface area (Å²) in [6.07, 6.45) is 4.96. The van der Waals surface area contributed by atoms with Gasteiger partial charge in [0.1, 0.15) is 0 Å². The first kappa shape index (κ1) is 14.7. The summed E-state index contributed by atoms with van der Waals surface area (Å²) in [5.74, 6) is 0. The van der Waals surface area contributed by atoms with Crippen molar-refractivity contribution in [2.45, 2.75) is 42.4 Å². The number of anilines is 1. The number of rotatable bonds is 4. The van der Waals surface area contributed by atoms with Gasteiger partial charge in [-0.3, -0.25) is 0 Å². The minimum absolute atomic E-state index is 0.0447. The van der Waals surface area contributed by atoms with Crippen molar-refractivity contribution in [3.63, 3.8) is 0 Å². The third kappa shape index (κ3) is 3.24. The van der Waals surface area contributed by atoms with E-state index >= 15 is 0 Å². The molecule has 0 radical (unpaired) electrons. The Morgan fingerprint density at radius 2 is 2.11 bits per heavy atom. The fraction of sp³-hybridized carbons (Fsp3) is 0.538. The van der Waals surface area contributed by atoms with Crippen LogP contribution in [0.2, 0.25) is 0 Å². The minimum atomic E-state index is -3.47. The molecule has 0 saturated heterocycles. The molecule has 0 amide bonds. The van der Waals surface area contributed by atoms with Gasteiger partial charge in [0.25, 0.3) is 0 Å². The lowest BCUT2D eigenvalue weighted by molar-refractivity contribution is 0.552. The summed E-state index contributed by atoms with van der Waals surface area (Å²) in [4.78, 5) is 0.292. The van der Waals surface area contributed by atoms with Crippen LogP contribution in [0, 0.1) is 6.92 Å². The topological polar surface area (TPSA) is 72.2 Å². The number of sulfonamides is 1. The molecule has 2 rings (SSSR count). The van der Waals surface area contributed by atoms with Gasteiger partial charge in [-0.2, -0.15) is 11.8 Å².